The minimum Gasteiger partial charge on any atom is -0.480 e. The fraction of sp³-hybridized carbons (Fsp3) is 0.455. The Morgan fingerprint density at radius 2 is 0.929 bits per heavy atom. The van der Waals surface area contributed by atoms with Gasteiger partial charge in [-0.3, -0.25) is 28.8 Å². The van der Waals surface area contributed by atoms with Crippen LogP contribution in [-0.4, -0.2) is 182 Å². The van der Waals surface area contributed by atoms with Crippen molar-refractivity contribution in [1.82, 2.24) is 49.9 Å². The number of methoxy groups -OCH3 is 1. The van der Waals surface area contributed by atoms with E-state index in [0.29, 0.717) is 104 Å². The Morgan fingerprint density at radius 3 is 1.25 bits per heavy atom. The van der Waals surface area contributed by atoms with Crippen molar-refractivity contribution in [3.8, 4) is 31.7 Å². The second kappa shape index (κ2) is 31.6. The zero-order valence-electron chi connectivity index (χ0n) is 55.1. The van der Waals surface area contributed by atoms with Gasteiger partial charge < -0.3 is 65.1 Å². The number of aliphatic hydroxyl groups is 1. The van der Waals surface area contributed by atoms with Crippen LogP contribution in [0.1, 0.15) is 137 Å². The molecule has 13 rings (SSSR count). The average molecular weight is 1510 g/mol. The molecule has 1 atom stereocenters. The first kappa shape index (κ1) is 74.8. The normalized spacial score (nSPS) is 18.0. The largest absolute Gasteiger partial charge is 0.480 e. The number of aliphatic carboxylic acids is 1. The van der Waals surface area contributed by atoms with Crippen molar-refractivity contribution in [2.24, 2.45) is 0 Å². The van der Waals surface area contributed by atoms with Gasteiger partial charge in [0.25, 0.3) is 17.7 Å². The summed E-state index contributed by atoms with van der Waals surface area (Å²) in [5.41, 5.74) is 1.90. The number of aromatic nitrogens is 6. The van der Waals surface area contributed by atoms with Gasteiger partial charge in [0.1, 0.15) is 36.7 Å². The molecule has 33 heteroatoms. The number of hydrogen-bond donors (Lipinski definition) is 6. The first-order valence-corrected chi connectivity index (χ1v) is 35.7. The molecule has 99 heavy (non-hydrogen) atoms. The molecule has 528 valence electrons. The number of carboxylic acid groups (broad SMARTS) is 1. The minimum atomic E-state index is -1.04. The molecule has 6 N–H and O–H groups in total. The Bertz CT molecular complexity index is 4180. The number of esters is 1. The highest BCUT2D eigenvalue weighted by molar-refractivity contribution is 7.59. The maximum absolute atomic E-state index is 13.5. The van der Waals surface area contributed by atoms with Crippen LogP contribution in [0.25, 0.3) is 31.7 Å². The number of rotatable bonds is 18. The van der Waals surface area contributed by atoms with Gasteiger partial charge in [0, 0.05) is 77.4 Å². The lowest BCUT2D eigenvalue weighted by Gasteiger charge is -2.32. The minimum absolute atomic E-state index is 0. The topological polar surface area (TPSA) is 315 Å². The van der Waals surface area contributed by atoms with E-state index in [1.165, 1.54) is 50.9 Å². The van der Waals surface area contributed by atoms with Crippen molar-refractivity contribution >= 4 is 147 Å². The lowest BCUT2D eigenvalue weighted by molar-refractivity contribution is -0.142. The number of benzene rings is 1. The Balaban J connectivity index is 0.000000162. The van der Waals surface area contributed by atoms with Crippen LogP contribution in [0, 0.1) is 0 Å². The zero-order chi connectivity index (χ0) is 70.0. The lowest BCUT2D eigenvalue weighted by Crippen LogP contribution is -2.46. The third kappa shape index (κ3) is 16.4. The number of carbonyl (C=O) groups excluding carboxylic acids is 5. The Labute approximate surface area is 610 Å². The van der Waals surface area contributed by atoms with E-state index in [4.69, 9.17) is 70.5 Å². The van der Waals surface area contributed by atoms with Gasteiger partial charge >= 0.3 is 11.9 Å². The van der Waals surface area contributed by atoms with Crippen molar-refractivity contribution < 1.29 is 57.9 Å². The molecule has 0 aliphatic carbocycles. The van der Waals surface area contributed by atoms with E-state index in [9.17, 15) is 33.9 Å². The molecule has 0 bridgehead atoms. The molecule has 4 amide bonds. The maximum atomic E-state index is 13.5. The molecule has 0 spiro atoms. The molecular formula is C66H75Cl4N13O12S4. The van der Waals surface area contributed by atoms with Crippen LogP contribution >= 0.6 is 93.9 Å². The van der Waals surface area contributed by atoms with Crippen LogP contribution in [0.2, 0.25) is 20.1 Å². The number of halogens is 4. The predicted molar refractivity (Wildman–Crippen MR) is 385 cm³/mol. The molecule has 3 fully saturated rings. The molecule has 6 aromatic heterocycles. The molecule has 25 nitrogen and oxygen atoms in total. The van der Waals surface area contributed by atoms with E-state index in [2.05, 4.69) is 51.2 Å². The number of carboxylic acids is 1. The first-order valence-electron chi connectivity index (χ1n) is 31.7. The van der Waals surface area contributed by atoms with Gasteiger partial charge in [-0.05, 0) is 116 Å². The van der Waals surface area contributed by atoms with Crippen molar-refractivity contribution in [2.45, 2.75) is 121 Å². The second-order valence-electron chi connectivity index (χ2n) is 25.5. The summed E-state index contributed by atoms with van der Waals surface area (Å²) in [5.74, 6) is -1.13. The maximum Gasteiger partial charge on any atom is 0.325 e. The molecule has 12 heterocycles. The standard InChI is InChI=1S/C27H29Cl2N5O4S.C20H23ClN4O4S.C19H21ClN4O4S.H2S/c1-27(2)24-18(25(37)34(27)13-22(36)32-20(14-35)15-4-3-5-16(28)10-15)11-21(39-24)23-19(29)12-30-26(33-23)31-17-6-8-38-9-7-17;1-20(2)17-12(18(27)25(20)10-15(26)28-3)8-14(30-17)16-13(21)9-22-19(24-16)23-11-4-6-29-7-5-11;1-19(2)16-11(17(27)24(19)9-14(25)26)7-13(29-16)15-12(20)8-21-18(23-15)22-10-3-5-28-6-4-10;/h3-5,10-12,17,20,35H,6-9,13-14H2,1-2H3,(H,32,36)(H,30,31,33);8-9,11H,4-7,10H2,1-3H3,(H,22,23,24);7-8,10H,3-6,9H2,1-2H3,(H,25,26)(H,21,22,23);1H2/t20-;;;/m1.../s1. The van der Waals surface area contributed by atoms with Gasteiger partial charge in [0.2, 0.25) is 23.8 Å². The summed E-state index contributed by atoms with van der Waals surface area (Å²) in [5, 5.41) is 33.5. The van der Waals surface area contributed by atoms with Crippen LogP contribution in [0.15, 0.2) is 61.1 Å². The van der Waals surface area contributed by atoms with E-state index in [1.807, 2.05) is 41.5 Å². The average Bonchev–Trinajstić information content (AvgIpc) is 1.60. The number of aliphatic hydroxyl groups excluding tert-OH is 1. The number of fused-ring (bicyclic) bond motifs is 3. The van der Waals surface area contributed by atoms with Crippen molar-refractivity contribution in [1.29, 1.82) is 0 Å². The Morgan fingerprint density at radius 1 is 0.576 bits per heavy atom. The third-order valence-electron chi connectivity index (χ3n) is 17.8. The van der Waals surface area contributed by atoms with E-state index in [0.717, 1.165) is 81.0 Å². The Kier molecular flexibility index (Phi) is 23.9. The highest BCUT2D eigenvalue weighted by atomic mass is 35.5. The lowest BCUT2D eigenvalue weighted by atomic mass is 10.0. The van der Waals surface area contributed by atoms with Gasteiger partial charge in [-0.15, -0.1) is 34.0 Å². The van der Waals surface area contributed by atoms with Gasteiger partial charge in [0.15, 0.2) is 0 Å². The number of anilines is 3. The highest BCUT2D eigenvalue weighted by Gasteiger charge is 2.49. The third-order valence-corrected chi connectivity index (χ3v) is 23.2. The molecule has 6 aliphatic rings. The van der Waals surface area contributed by atoms with Crippen LogP contribution in [0.5, 0.6) is 0 Å². The van der Waals surface area contributed by atoms with E-state index >= 15 is 0 Å². The first-order chi connectivity index (χ1) is 46.7. The molecule has 0 unspecified atom stereocenters. The highest BCUT2D eigenvalue weighted by Crippen LogP contribution is 2.50. The molecule has 6 aliphatic heterocycles. The SMILES string of the molecule is CC1(C)c2sc(-c3nc(NC4CCOCC4)ncc3Cl)cc2C(=O)N1CC(=O)N[C@H](CO)c1cccc(Cl)c1.CC1(C)c2sc(-c3nc(NC4CCOCC4)ncc3Cl)cc2C(=O)N1CC(=O)O.COC(=O)CN1C(=O)c2cc(-c3nc(NC4CCOCC4)ncc3Cl)sc2C1(C)C.S. The van der Waals surface area contributed by atoms with Gasteiger partial charge in [0.05, 0.1) is 101 Å². The summed E-state index contributed by atoms with van der Waals surface area (Å²) in [6.45, 7) is 14.7. The number of thiophene rings is 3. The molecular weight excluding hydrogens is 1440 g/mol. The summed E-state index contributed by atoms with van der Waals surface area (Å²) >= 11 is 29.6. The van der Waals surface area contributed by atoms with Crippen LogP contribution in [0.3, 0.4) is 0 Å². The molecule has 7 aromatic rings. The summed E-state index contributed by atoms with van der Waals surface area (Å²) in [4.78, 5) is 111. The van der Waals surface area contributed by atoms with Gasteiger partial charge in [-0.1, -0.05) is 58.5 Å². The number of nitrogens with zero attached hydrogens (tertiary/aromatic N) is 9. The fourth-order valence-corrected chi connectivity index (χ4v) is 17.0. The van der Waals surface area contributed by atoms with E-state index in [1.54, 1.807) is 66.0 Å². The van der Waals surface area contributed by atoms with Crippen LogP contribution in [-0.2, 0) is 49.9 Å². The van der Waals surface area contributed by atoms with Gasteiger partial charge in [-0.25, -0.2) is 29.9 Å². The monoisotopic (exact) mass is 1510 g/mol. The Hall–Kier alpha value is -6.87. The summed E-state index contributed by atoms with van der Waals surface area (Å²) in [6, 6.07) is 12.4. The number of ether oxygens (including phenoxy) is 4. The fourth-order valence-electron chi connectivity index (χ4n) is 12.3. The summed E-state index contributed by atoms with van der Waals surface area (Å²) < 4.78 is 20.9. The van der Waals surface area contributed by atoms with Crippen molar-refractivity contribution in [2.75, 3.05) is 88.9 Å². The number of nitrogens with one attached hydrogen (secondary N) is 4. The molecule has 1 aromatic carbocycles. The van der Waals surface area contributed by atoms with Crippen molar-refractivity contribution in [3.05, 3.63) is 118 Å². The van der Waals surface area contributed by atoms with E-state index < -0.39 is 34.6 Å². The number of amides is 4. The van der Waals surface area contributed by atoms with Gasteiger partial charge in [-0.2, -0.15) is 13.5 Å². The van der Waals surface area contributed by atoms with Crippen molar-refractivity contribution in [3.63, 3.8) is 0 Å². The quantitative estimate of drug-likeness (QED) is 0.0435. The summed E-state index contributed by atoms with van der Waals surface area (Å²) in [6.07, 6.45) is 10.0. The summed E-state index contributed by atoms with van der Waals surface area (Å²) in [7, 11) is 1.31. The van der Waals surface area contributed by atoms with E-state index in [-0.39, 0.29) is 81.5 Å². The smallest absolute Gasteiger partial charge is 0.325 e. The molecule has 0 saturated carbocycles. The molecule has 3 saturated heterocycles. The second-order valence-corrected chi connectivity index (χ2v) is 30.3. The number of carbonyl (C=O) groups is 6. The molecule has 0 radical (unpaired) electrons. The van der Waals surface area contributed by atoms with Crippen LogP contribution < -0.4 is 21.3 Å². The van der Waals surface area contributed by atoms with Crippen LogP contribution in [0.4, 0.5) is 17.8 Å². The zero-order valence-corrected chi connectivity index (χ0v) is 61.6. The predicted octanol–water partition coefficient (Wildman–Crippen LogP) is 11.3. The number of hydrogen-bond acceptors (Lipinski definition) is 23.